The number of esters is 1. The molecule has 0 radical (unpaired) electrons. The molecule has 9 heteroatoms. The van der Waals surface area contributed by atoms with Crippen molar-refractivity contribution in [3.63, 3.8) is 0 Å². The Bertz CT molecular complexity index is 1130. The van der Waals surface area contributed by atoms with Crippen LogP contribution in [0.3, 0.4) is 0 Å². The van der Waals surface area contributed by atoms with Gasteiger partial charge in [0.25, 0.3) is 0 Å². The summed E-state index contributed by atoms with van der Waals surface area (Å²) in [5.74, 6) is 1.48. The van der Waals surface area contributed by atoms with E-state index in [-0.39, 0.29) is 18.3 Å². The molecule has 1 amide bonds. The van der Waals surface area contributed by atoms with E-state index in [1.165, 1.54) is 17.3 Å². The third-order valence-corrected chi connectivity index (χ3v) is 6.14. The largest absolute Gasteiger partial charge is 0.486 e. The first-order valence-electron chi connectivity index (χ1n) is 11.8. The maximum Gasteiger partial charge on any atom is 0.338 e. The van der Waals surface area contributed by atoms with Crippen LogP contribution in [0.2, 0.25) is 0 Å². The van der Waals surface area contributed by atoms with Crippen LogP contribution in [0.4, 0.5) is 5.69 Å². The van der Waals surface area contributed by atoms with E-state index in [0.717, 1.165) is 12.2 Å². The first-order chi connectivity index (χ1) is 16.9. The van der Waals surface area contributed by atoms with Crippen LogP contribution in [0.5, 0.6) is 5.75 Å². The number of nitrogens with one attached hydrogen (secondary N) is 1. The molecule has 0 saturated heterocycles. The Hall–Kier alpha value is -3.33. The van der Waals surface area contributed by atoms with Crippen LogP contribution in [0.1, 0.15) is 61.8 Å². The Morgan fingerprint density at radius 1 is 1.09 bits per heavy atom. The van der Waals surface area contributed by atoms with Gasteiger partial charge in [0.15, 0.2) is 11.0 Å². The summed E-state index contributed by atoms with van der Waals surface area (Å²) in [6.07, 6.45) is 0.751. The average molecular weight is 497 g/mol. The number of ether oxygens (including phenoxy) is 2. The van der Waals surface area contributed by atoms with Gasteiger partial charge in [-0.15, -0.1) is 10.2 Å². The average Bonchev–Trinajstić information content (AvgIpc) is 3.26. The van der Waals surface area contributed by atoms with Gasteiger partial charge in [0.05, 0.1) is 17.9 Å². The molecule has 0 aliphatic heterocycles. The van der Waals surface area contributed by atoms with Gasteiger partial charge in [-0.3, -0.25) is 4.79 Å². The van der Waals surface area contributed by atoms with Crippen molar-refractivity contribution in [1.82, 2.24) is 14.8 Å². The van der Waals surface area contributed by atoms with Gasteiger partial charge in [-0.1, -0.05) is 50.7 Å². The zero-order valence-corrected chi connectivity index (χ0v) is 21.4. The van der Waals surface area contributed by atoms with Gasteiger partial charge >= 0.3 is 5.97 Å². The van der Waals surface area contributed by atoms with Crippen molar-refractivity contribution in [3.05, 3.63) is 65.5 Å². The topological polar surface area (TPSA) is 95.3 Å². The van der Waals surface area contributed by atoms with Crippen molar-refractivity contribution >= 4 is 29.3 Å². The first-order valence-corrected chi connectivity index (χ1v) is 12.7. The van der Waals surface area contributed by atoms with Gasteiger partial charge in [-0.05, 0) is 55.2 Å². The molecule has 2 aromatic carbocycles. The van der Waals surface area contributed by atoms with Crippen molar-refractivity contribution in [3.8, 4) is 5.75 Å². The number of carbonyl (C=O) groups is 2. The number of hydrogen-bond acceptors (Lipinski definition) is 7. The third-order valence-electron chi connectivity index (χ3n) is 5.18. The van der Waals surface area contributed by atoms with E-state index in [1.54, 1.807) is 24.3 Å². The number of hydrogen-bond donors (Lipinski definition) is 1. The molecule has 0 aliphatic carbocycles. The zero-order chi connectivity index (χ0) is 25.2. The third kappa shape index (κ3) is 7.58. The number of carbonyl (C=O) groups excluding carboxylic acids is 2. The van der Waals surface area contributed by atoms with Crippen molar-refractivity contribution in [2.75, 3.05) is 17.7 Å². The lowest BCUT2D eigenvalue weighted by Crippen LogP contribution is -2.15. The molecular formula is C26H32N4O4S. The number of rotatable bonds is 12. The molecule has 0 unspecified atom stereocenters. The standard InChI is InChI=1S/C26H32N4O4S/c1-5-14-33-25(32)20-8-7-9-21(15-20)27-24(31)17-35-26-29-28-23(30(26)6-2)16-34-22-12-10-19(11-13-22)18(3)4/h7-13,15,18H,5-6,14,16-17H2,1-4H3,(H,27,31). The molecular weight excluding hydrogens is 464 g/mol. The van der Waals surface area contributed by atoms with E-state index in [9.17, 15) is 9.59 Å². The van der Waals surface area contributed by atoms with Gasteiger partial charge in [-0.2, -0.15) is 0 Å². The lowest BCUT2D eigenvalue weighted by Gasteiger charge is -2.10. The number of anilines is 1. The smallest absolute Gasteiger partial charge is 0.338 e. The molecule has 3 rings (SSSR count). The molecule has 0 saturated carbocycles. The minimum atomic E-state index is -0.404. The van der Waals surface area contributed by atoms with Crippen LogP contribution in [0.15, 0.2) is 53.7 Å². The van der Waals surface area contributed by atoms with Crippen LogP contribution >= 0.6 is 11.8 Å². The maximum absolute atomic E-state index is 12.5. The highest BCUT2D eigenvalue weighted by molar-refractivity contribution is 7.99. The molecule has 35 heavy (non-hydrogen) atoms. The quantitative estimate of drug-likeness (QED) is 0.269. The fraction of sp³-hybridized carbons (Fsp3) is 0.385. The minimum Gasteiger partial charge on any atom is -0.486 e. The lowest BCUT2D eigenvalue weighted by molar-refractivity contribution is -0.113. The summed E-state index contributed by atoms with van der Waals surface area (Å²) in [4.78, 5) is 24.5. The summed E-state index contributed by atoms with van der Waals surface area (Å²) in [7, 11) is 0. The number of aromatic nitrogens is 3. The van der Waals surface area contributed by atoms with Crippen LogP contribution in [-0.4, -0.2) is 39.0 Å². The van der Waals surface area contributed by atoms with Crippen molar-refractivity contribution < 1.29 is 19.1 Å². The molecule has 0 fully saturated rings. The molecule has 3 aromatic rings. The second-order valence-corrected chi connectivity index (χ2v) is 9.15. The van der Waals surface area contributed by atoms with E-state index >= 15 is 0 Å². The Morgan fingerprint density at radius 2 is 1.86 bits per heavy atom. The summed E-state index contributed by atoms with van der Waals surface area (Å²) < 4.78 is 13.0. The summed E-state index contributed by atoms with van der Waals surface area (Å²) in [5.41, 5.74) is 2.20. The molecule has 1 aromatic heterocycles. The summed E-state index contributed by atoms with van der Waals surface area (Å²) in [6, 6.07) is 14.8. The van der Waals surface area contributed by atoms with Crippen LogP contribution in [-0.2, 0) is 22.7 Å². The second kappa shape index (κ2) is 12.9. The van der Waals surface area contributed by atoms with E-state index in [2.05, 4.69) is 41.5 Å². The van der Waals surface area contributed by atoms with Crippen LogP contribution in [0, 0.1) is 0 Å². The summed E-state index contributed by atoms with van der Waals surface area (Å²) >= 11 is 1.30. The fourth-order valence-electron chi connectivity index (χ4n) is 3.28. The molecule has 0 bridgehead atoms. The molecule has 0 atom stereocenters. The monoisotopic (exact) mass is 496 g/mol. The summed E-state index contributed by atoms with van der Waals surface area (Å²) in [5, 5.41) is 11.9. The number of thioether (sulfide) groups is 1. The predicted molar refractivity (Wildman–Crippen MR) is 137 cm³/mol. The van der Waals surface area contributed by atoms with Gasteiger partial charge in [0.2, 0.25) is 5.91 Å². The molecule has 186 valence electrons. The molecule has 0 aliphatic rings. The Morgan fingerprint density at radius 3 is 2.54 bits per heavy atom. The van der Waals surface area contributed by atoms with E-state index < -0.39 is 5.97 Å². The van der Waals surface area contributed by atoms with Crippen molar-refractivity contribution in [2.45, 2.75) is 58.3 Å². The van der Waals surface area contributed by atoms with Gasteiger partial charge in [0.1, 0.15) is 12.4 Å². The Labute approximate surface area is 210 Å². The number of benzene rings is 2. The highest BCUT2D eigenvalue weighted by Gasteiger charge is 2.15. The molecule has 1 N–H and O–H groups in total. The molecule has 1 heterocycles. The highest BCUT2D eigenvalue weighted by atomic mass is 32.2. The Kier molecular flexibility index (Phi) is 9.72. The van der Waals surface area contributed by atoms with E-state index in [0.29, 0.717) is 41.3 Å². The zero-order valence-electron chi connectivity index (χ0n) is 20.6. The lowest BCUT2D eigenvalue weighted by atomic mass is 10.0. The molecule has 0 spiro atoms. The predicted octanol–water partition coefficient (Wildman–Crippen LogP) is 5.30. The van der Waals surface area contributed by atoms with Crippen molar-refractivity contribution in [1.29, 1.82) is 0 Å². The van der Waals surface area contributed by atoms with Crippen LogP contribution < -0.4 is 10.1 Å². The highest BCUT2D eigenvalue weighted by Crippen LogP contribution is 2.21. The van der Waals surface area contributed by atoms with Gasteiger partial charge in [-0.25, -0.2) is 4.79 Å². The second-order valence-electron chi connectivity index (χ2n) is 8.21. The van der Waals surface area contributed by atoms with Gasteiger partial charge in [0, 0.05) is 12.2 Å². The van der Waals surface area contributed by atoms with Crippen LogP contribution in [0.25, 0.3) is 0 Å². The SMILES string of the molecule is CCCOC(=O)c1cccc(NC(=O)CSc2nnc(COc3ccc(C(C)C)cc3)n2CC)c1. The number of nitrogens with zero attached hydrogens (tertiary/aromatic N) is 3. The van der Waals surface area contributed by atoms with Crippen molar-refractivity contribution in [2.24, 2.45) is 0 Å². The first kappa shape index (κ1) is 26.3. The molecule has 8 nitrogen and oxygen atoms in total. The Balaban J connectivity index is 1.54. The van der Waals surface area contributed by atoms with E-state index in [4.69, 9.17) is 9.47 Å². The van der Waals surface area contributed by atoms with E-state index in [1.807, 2.05) is 30.5 Å². The minimum absolute atomic E-state index is 0.153. The normalized spacial score (nSPS) is 10.9. The van der Waals surface area contributed by atoms with Gasteiger partial charge < -0.3 is 19.4 Å². The number of amides is 1. The fourth-order valence-corrected chi connectivity index (χ4v) is 4.10. The maximum atomic E-state index is 12.5. The summed E-state index contributed by atoms with van der Waals surface area (Å²) in [6.45, 7) is 9.54.